The number of hydrogen-bond donors (Lipinski definition) is 2. The van der Waals surface area contributed by atoms with Crippen LogP contribution >= 0.6 is 0 Å². The summed E-state index contributed by atoms with van der Waals surface area (Å²) in [6.45, 7) is 3.79. The van der Waals surface area contributed by atoms with Gasteiger partial charge in [0, 0.05) is 0 Å². The van der Waals surface area contributed by atoms with E-state index in [2.05, 4.69) is 5.32 Å². The van der Waals surface area contributed by atoms with Crippen molar-refractivity contribution in [2.45, 2.75) is 32.8 Å². The maximum atomic E-state index is 12.0. The number of para-hydroxylation sites is 2. The maximum Gasteiger partial charge on any atom is 0.233 e. The van der Waals surface area contributed by atoms with Crippen LogP contribution in [0.3, 0.4) is 0 Å². The van der Waals surface area contributed by atoms with Gasteiger partial charge in [-0.15, -0.1) is 0 Å². The number of anilines is 1. The van der Waals surface area contributed by atoms with Gasteiger partial charge >= 0.3 is 0 Å². The Morgan fingerprint density at radius 3 is 2.67 bits per heavy atom. The van der Waals surface area contributed by atoms with E-state index in [9.17, 15) is 9.90 Å². The third-order valence-corrected chi connectivity index (χ3v) is 3.14. The summed E-state index contributed by atoms with van der Waals surface area (Å²) in [5, 5.41) is 12.1. The van der Waals surface area contributed by atoms with Crippen molar-refractivity contribution in [3.8, 4) is 5.75 Å². The van der Waals surface area contributed by atoms with Gasteiger partial charge < -0.3 is 15.2 Å². The minimum Gasteiger partial charge on any atom is -0.489 e. The molecular formula is C14H19NO3. The number of carbonyl (C=O) groups excluding carboxylic acids is 1. The highest BCUT2D eigenvalue weighted by molar-refractivity contribution is 5.98. The zero-order valence-corrected chi connectivity index (χ0v) is 10.8. The summed E-state index contributed by atoms with van der Waals surface area (Å²) in [4.78, 5) is 12.0. The van der Waals surface area contributed by atoms with Crippen LogP contribution in [-0.2, 0) is 4.79 Å². The molecule has 4 nitrogen and oxygen atoms in total. The van der Waals surface area contributed by atoms with Crippen molar-refractivity contribution >= 4 is 11.6 Å². The first-order valence-electron chi connectivity index (χ1n) is 6.25. The molecule has 0 unspecified atom stereocenters. The second-order valence-corrected chi connectivity index (χ2v) is 5.06. The van der Waals surface area contributed by atoms with E-state index in [-0.39, 0.29) is 18.6 Å². The molecule has 0 spiro atoms. The molecule has 1 fully saturated rings. The van der Waals surface area contributed by atoms with Crippen molar-refractivity contribution in [2.24, 2.45) is 5.41 Å². The highest BCUT2D eigenvalue weighted by Gasteiger charge is 2.49. The molecule has 0 saturated heterocycles. The van der Waals surface area contributed by atoms with Crippen LogP contribution in [0.2, 0.25) is 0 Å². The molecule has 98 valence electrons. The molecule has 1 aromatic carbocycles. The maximum absolute atomic E-state index is 12.0. The molecule has 0 heterocycles. The summed E-state index contributed by atoms with van der Waals surface area (Å²) in [7, 11) is 0. The van der Waals surface area contributed by atoms with E-state index in [1.54, 1.807) is 0 Å². The average molecular weight is 249 g/mol. The van der Waals surface area contributed by atoms with Crippen molar-refractivity contribution in [2.75, 3.05) is 11.9 Å². The van der Waals surface area contributed by atoms with Crippen LogP contribution in [0.25, 0.3) is 0 Å². The SMILES string of the molecule is CC(C)Oc1ccccc1NC(=O)C1(CO)CC1. The number of hydrogen-bond acceptors (Lipinski definition) is 3. The summed E-state index contributed by atoms with van der Waals surface area (Å²) in [6, 6.07) is 7.35. The molecule has 2 N–H and O–H groups in total. The minimum atomic E-state index is -0.565. The van der Waals surface area contributed by atoms with E-state index < -0.39 is 5.41 Å². The fourth-order valence-corrected chi connectivity index (χ4v) is 1.79. The lowest BCUT2D eigenvalue weighted by Crippen LogP contribution is -2.27. The Bertz CT molecular complexity index is 438. The second-order valence-electron chi connectivity index (χ2n) is 5.06. The lowest BCUT2D eigenvalue weighted by Gasteiger charge is -2.17. The largest absolute Gasteiger partial charge is 0.489 e. The van der Waals surface area contributed by atoms with Crippen LogP contribution in [0.15, 0.2) is 24.3 Å². The number of carbonyl (C=O) groups is 1. The quantitative estimate of drug-likeness (QED) is 0.841. The monoisotopic (exact) mass is 249 g/mol. The minimum absolute atomic E-state index is 0.0516. The Morgan fingerprint density at radius 1 is 1.44 bits per heavy atom. The molecule has 0 radical (unpaired) electrons. The van der Waals surface area contributed by atoms with Gasteiger partial charge in [0.1, 0.15) is 5.75 Å². The normalized spacial score (nSPS) is 16.4. The smallest absolute Gasteiger partial charge is 0.233 e. The first kappa shape index (κ1) is 12.9. The summed E-state index contributed by atoms with van der Waals surface area (Å²) >= 11 is 0. The molecule has 0 atom stereocenters. The van der Waals surface area contributed by atoms with Crippen LogP contribution < -0.4 is 10.1 Å². The van der Waals surface area contributed by atoms with Crippen molar-refractivity contribution < 1.29 is 14.6 Å². The Balaban J connectivity index is 2.11. The standard InChI is InChI=1S/C14H19NO3/c1-10(2)18-12-6-4-3-5-11(12)15-13(17)14(9-16)7-8-14/h3-6,10,16H,7-9H2,1-2H3,(H,15,17). The lowest BCUT2D eigenvalue weighted by atomic mass is 10.1. The van der Waals surface area contributed by atoms with E-state index in [4.69, 9.17) is 4.74 Å². The summed E-state index contributed by atoms with van der Waals surface area (Å²) in [6.07, 6.45) is 1.56. The molecule has 1 aromatic rings. The molecule has 18 heavy (non-hydrogen) atoms. The first-order valence-corrected chi connectivity index (χ1v) is 6.25. The number of aliphatic hydroxyl groups is 1. The summed E-state index contributed by atoms with van der Waals surface area (Å²) in [5.74, 6) is 0.541. The molecule has 2 rings (SSSR count). The number of amides is 1. The molecule has 1 saturated carbocycles. The van der Waals surface area contributed by atoms with Crippen molar-refractivity contribution in [1.29, 1.82) is 0 Å². The second kappa shape index (κ2) is 4.98. The molecule has 4 heteroatoms. The number of nitrogens with one attached hydrogen (secondary N) is 1. The van der Waals surface area contributed by atoms with Gasteiger partial charge in [-0.1, -0.05) is 12.1 Å². The van der Waals surface area contributed by atoms with E-state index >= 15 is 0 Å². The van der Waals surface area contributed by atoms with Gasteiger partial charge in [-0.3, -0.25) is 4.79 Å². The molecule has 1 aliphatic rings. The molecule has 0 aliphatic heterocycles. The number of ether oxygens (including phenoxy) is 1. The fraction of sp³-hybridized carbons (Fsp3) is 0.500. The zero-order chi connectivity index (χ0) is 13.2. The van der Waals surface area contributed by atoms with E-state index in [0.717, 1.165) is 12.8 Å². The van der Waals surface area contributed by atoms with Gasteiger partial charge in [0.2, 0.25) is 5.91 Å². The highest BCUT2D eigenvalue weighted by atomic mass is 16.5. The number of rotatable bonds is 5. The van der Waals surface area contributed by atoms with Crippen LogP contribution in [0, 0.1) is 5.41 Å². The van der Waals surface area contributed by atoms with Crippen LogP contribution in [0.4, 0.5) is 5.69 Å². The molecule has 1 amide bonds. The van der Waals surface area contributed by atoms with Gasteiger partial charge in [0.15, 0.2) is 0 Å². The van der Waals surface area contributed by atoms with E-state index in [0.29, 0.717) is 11.4 Å². The van der Waals surface area contributed by atoms with Gasteiger partial charge in [-0.2, -0.15) is 0 Å². The van der Waals surface area contributed by atoms with Gasteiger partial charge in [0.05, 0.1) is 23.8 Å². The van der Waals surface area contributed by atoms with E-state index in [1.807, 2.05) is 38.1 Å². The van der Waals surface area contributed by atoms with Crippen molar-refractivity contribution in [3.63, 3.8) is 0 Å². The summed E-state index contributed by atoms with van der Waals surface area (Å²) in [5.41, 5.74) is 0.0984. The molecule has 0 bridgehead atoms. The average Bonchev–Trinajstić information content (AvgIpc) is 3.12. The van der Waals surface area contributed by atoms with Gasteiger partial charge in [-0.05, 0) is 38.8 Å². The van der Waals surface area contributed by atoms with E-state index in [1.165, 1.54) is 0 Å². The number of benzene rings is 1. The number of aliphatic hydroxyl groups excluding tert-OH is 1. The first-order chi connectivity index (χ1) is 8.57. The molecule has 0 aromatic heterocycles. The van der Waals surface area contributed by atoms with Crippen LogP contribution in [0.1, 0.15) is 26.7 Å². The zero-order valence-electron chi connectivity index (χ0n) is 10.8. The predicted molar refractivity (Wildman–Crippen MR) is 69.6 cm³/mol. The Hall–Kier alpha value is -1.55. The highest BCUT2D eigenvalue weighted by Crippen LogP contribution is 2.46. The van der Waals surface area contributed by atoms with Crippen molar-refractivity contribution in [3.05, 3.63) is 24.3 Å². The lowest BCUT2D eigenvalue weighted by molar-refractivity contribution is -0.122. The third-order valence-electron chi connectivity index (χ3n) is 3.14. The van der Waals surface area contributed by atoms with Crippen molar-refractivity contribution in [1.82, 2.24) is 0 Å². The molecule has 1 aliphatic carbocycles. The van der Waals surface area contributed by atoms with Gasteiger partial charge in [0.25, 0.3) is 0 Å². The Kier molecular flexibility index (Phi) is 3.57. The summed E-state index contributed by atoms with van der Waals surface area (Å²) < 4.78 is 5.64. The Labute approximate surface area is 107 Å². The van der Waals surface area contributed by atoms with Crippen LogP contribution in [-0.4, -0.2) is 23.7 Å². The van der Waals surface area contributed by atoms with Crippen LogP contribution in [0.5, 0.6) is 5.75 Å². The third kappa shape index (κ3) is 2.64. The predicted octanol–water partition coefficient (Wildman–Crippen LogP) is 2.18. The topological polar surface area (TPSA) is 58.6 Å². The fourth-order valence-electron chi connectivity index (χ4n) is 1.79. The molecular weight excluding hydrogens is 230 g/mol. The van der Waals surface area contributed by atoms with Gasteiger partial charge in [-0.25, -0.2) is 0 Å². The Morgan fingerprint density at radius 2 is 2.11 bits per heavy atom.